The van der Waals surface area contributed by atoms with Gasteiger partial charge in [-0.05, 0) is 32.9 Å². The van der Waals surface area contributed by atoms with Gasteiger partial charge < -0.3 is 5.32 Å². The highest BCUT2D eigenvalue weighted by Gasteiger charge is 2.21. The molecule has 1 rings (SSSR count). The summed E-state index contributed by atoms with van der Waals surface area (Å²) in [6, 6.07) is 4.50. The lowest BCUT2D eigenvalue weighted by Crippen LogP contribution is -2.40. The molecule has 2 nitrogen and oxygen atoms in total. The lowest BCUT2D eigenvalue weighted by Gasteiger charge is -2.32. The molecule has 1 atom stereocenters. The van der Waals surface area contributed by atoms with Crippen molar-refractivity contribution in [2.24, 2.45) is 5.92 Å². The van der Waals surface area contributed by atoms with Crippen molar-refractivity contribution in [3.63, 3.8) is 0 Å². The minimum atomic E-state index is -0.789. The number of likely N-dealkylation sites (N-methyl/N-ethyl adjacent to an activating group) is 1. The smallest absolute Gasteiger partial charge is 0.163 e. The second kappa shape index (κ2) is 7.70. The summed E-state index contributed by atoms with van der Waals surface area (Å²) in [5.74, 6) is -1.00. The van der Waals surface area contributed by atoms with E-state index in [9.17, 15) is 8.78 Å². The maximum absolute atomic E-state index is 13.9. The molecule has 0 spiro atoms. The number of nitrogens with zero attached hydrogens (tertiary/aromatic N) is 1. The summed E-state index contributed by atoms with van der Waals surface area (Å²) >= 11 is 0. The van der Waals surface area contributed by atoms with E-state index < -0.39 is 11.6 Å². The van der Waals surface area contributed by atoms with Crippen molar-refractivity contribution in [3.05, 3.63) is 35.4 Å². The number of nitrogens with one attached hydrogen (secondary N) is 1. The molecule has 0 bridgehead atoms. The molecule has 0 fully saturated rings. The minimum absolute atomic E-state index is 0.216. The van der Waals surface area contributed by atoms with E-state index in [0.717, 1.165) is 12.6 Å². The molecule has 20 heavy (non-hydrogen) atoms. The summed E-state index contributed by atoms with van der Waals surface area (Å²) in [6.07, 6.45) is 0. The highest BCUT2D eigenvalue weighted by Crippen LogP contribution is 2.21. The Bertz CT molecular complexity index is 419. The maximum atomic E-state index is 13.9. The van der Waals surface area contributed by atoms with Crippen LogP contribution in [0.25, 0.3) is 0 Å². The van der Waals surface area contributed by atoms with Gasteiger partial charge in [-0.2, -0.15) is 0 Å². The van der Waals surface area contributed by atoms with Crippen LogP contribution in [-0.4, -0.2) is 31.1 Å². The molecule has 0 saturated heterocycles. The van der Waals surface area contributed by atoms with Gasteiger partial charge in [0.2, 0.25) is 0 Å². The average Bonchev–Trinajstić information content (AvgIpc) is 2.37. The van der Waals surface area contributed by atoms with Crippen LogP contribution in [0, 0.1) is 17.6 Å². The van der Waals surface area contributed by atoms with Crippen molar-refractivity contribution in [3.8, 4) is 0 Å². The lowest BCUT2D eigenvalue weighted by atomic mass is 10.0. The summed E-state index contributed by atoms with van der Waals surface area (Å²) in [5.41, 5.74) is 0.391. The van der Waals surface area contributed by atoms with Crippen LogP contribution in [0.5, 0.6) is 0 Å². The number of hydrogen-bond donors (Lipinski definition) is 1. The van der Waals surface area contributed by atoms with Gasteiger partial charge >= 0.3 is 0 Å². The molecule has 0 aliphatic carbocycles. The largest absolute Gasteiger partial charge is 0.312 e. The molecule has 0 heterocycles. The standard InChI is InChI=1S/C16H26F2N2/c1-11(2)9-20(12(3)4)10-15(19-5)13-7-6-8-14(17)16(13)18/h6-8,11-12,15,19H,9-10H2,1-5H3. The molecule has 1 unspecified atom stereocenters. The summed E-state index contributed by atoms with van der Waals surface area (Å²) in [4.78, 5) is 2.29. The molecule has 0 amide bonds. The van der Waals surface area contributed by atoms with E-state index >= 15 is 0 Å². The van der Waals surface area contributed by atoms with E-state index in [2.05, 4.69) is 37.9 Å². The second-order valence-electron chi connectivity index (χ2n) is 5.93. The fraction of sp³-hybridized carbons (Fsp3) is 0.625. The fourth-order valence-electron chi connectivity index (χ4n) is 2.33. The molecule has 0 radical (unpaired) electrons. The van der Waals surface area contributed by atoms with Gasteiger partial charge in [0.15, 0.2) is 11.6 Å². The zero-order valence-electron chi connectivity index (χ0n) is 13.1. The molecular weight excluding hydrogens is 258 g/mol. The van der Waals surface area contributed by atoms with Gasteiger partial charge in [-0.25, -0.2) is 8.78 Å². The van der Waals surface area contributed by atoms with E-state index in [1.165, 1.54) is 0 Å². The number of rotatable bonds is 7. The number of benzene rings is 1. The third-order valence-electron chi connectivity index (χ3n) is 3.45. The van der Waals surface area contributed by atoms with E-state index in [-0.39, 0.29) is 6.04 Å². The quantitative estimate of drug-likeness (QED) is 0.823. The molecule has 4 heteroatoms. The summed E-state index contributed by atoms with van der Waals surface area (Å²) in [7, 11) is 1.78. The topological polar surface area (TPSA) is 15.3 Å². The SMILES string of the molecule is CNC(CN(CC(C)C)C(C)C)c1cccc(F)c1F. The van der Waals surface area contributed by atoms with Crippen molar-refractivity contribution in [2.45, 2.75) is 39.8 Å². The van der Waals surface area contributed by atoms with Crippen LogP contribution < -0.4 is 5.32 Å². The Morgan fingerprint density at radius 3 is 2.25 bits per heavy atom. The Morgan fingerprint density at radius 1 is 1.10 bits per heavy atom. The van der Waals surface area contributed by atoms with Gasteiger partial charge in [0.05, 0.1) is 0 Å². The third kappa shape index (κ3) is 4.53. The molecule has 0 saturated carbocycles. The molecule has 0 aliphatic heterocycles. The highest BCUT2D eigenvalue weighted by atomic mass is 19.2. The average molecular weight is 284 g/mol. The van der Waals surface area contributed by atoms with E-state index in [0.29, 0.717) is 24.1 Å². The van der Waals surface area contributed by atoms with Gasteiger partial charge in [0.25, 0.3) is 0 Å². The molecule has 0 aliphatic rings. The van der Waals surface area contributed by atoms with Crippen molar-refractivity contribution in [1.82, 2.24) is 10.2 Å². The van der Waals surface area contributed by atoms with Gasteiger partial charge in [0.1, 0.15) is 0 Å². The van der Waals surface area contributed by atoms with Crippen LogP contribution in [0.4, 0.5) is 8.78 Å². The Kier molecular flexibility index (Phi) is 6.56. The highest BCUT2D eigenvalue weighted by molar-refractivity contribution is 5.23. The van der Waals surface area contributed by atoms with Gasteiger partial charge in [-0.3, -0.25) is 4.90 Å². The molecule has 1 N–H and O–H groups in total. The van der Waals surface area contributed by atoms with E-state index in [1.54, 1.807) is 19.2 Å². The maximum Gasteiger partial charge on any atom is 0.163 e. The van der Waals surface area contributed by atoms with Crippen LogP contribution in [0.2, 0.25) is 0 Å². The number of halogens is 2. The molecular formula is C16H26F2N2. The van der Waals surface area contributed by atoms with Crippen molar-refractivity contribution >= 4 is 0 Å². The minimum Gasteiger partial charge on any atom is -0.312 e. The van der Waals surface area contributed by atoms with E-state index in [1.807, 2.05) is 0 Å². The normalized spacial score (nSPS) is 13.5. The van der Waals surface area contributed by atoms with Crippen LogP contribution in [0.3, 0.4) is 0 Å². The Labute approximate surface area is 121 Å². The zero-order valence-corrected chi connectivity index (χ0v) is 13.1. The predicted octanol–water partition coefficient (Wildman–Crippen LogP) is 3.59. The summed E-state index contributed by atoms with van der Waals surface area (Å²) in [5, 5.41) is 3.10. The van der Waals surface area contributed by atoms with E-state index in [4.69, 9.17) is 0 Å². The fourth-order valence-corrected chi connectivity index (χ4v) is 2.33. The van der Waals surface area contributed by atoms with Gasteiger partial charge in [-0.15, -0.1) is 0 Å². The lowest BCUT2D eigenvalue weighted by molar-refractivity contribution is 0.178. The van der Waals surface area contributed by atoms with Gasteiger partial charge in [0, 0.05) is 30.7 Å². The first-order valence-corrected chi connectivity index (χ1v) is 7.22. The van der Waals surface area contributed by atoms with Gasteiger partial charge in [-0.1, -0.05) is 26.0 Å². The Balaban J connectivity index is 2.92. The Morgan fingerprint density at radius 2 is 1.75 bits per heavy atom. The first-order valence-electron chi connectivity index (χ1n) is 7.22. The molecule has 1 aromatic carbocycles. The van der Waals surface area contributed by atoms with Crippen LogP contribution in [0.1, 0.15) is 39.3 Å². The summed E-state index contributed by atoms with van der Waals surface area (Å²) in [6.45, 7) is 10.2. The van der Waals surface area contributed by atoms with Crippen molar-refractivity contribution < 1.29 is 8.78 Å². The van der Waals surface area contributed by atoms with Crippen molar-refractivity contribution in [2.75, 3.05) is 20.1 Å². The molecule has 1 aromatic rings. The molecule has 0 aromatic heterocycles. The first-order chi connectivity index (χ1) is 9.36. The molecule has 114 valence electrons. The third-order valence-corrected chi connectivity index (χ3v) is 3.45. The van der Waals surface area contributed by atoms with Crippen LogP contribution in [0.15, 0.2) is 18.2 Å². The first kappa shape index (κ1) is 17.1. The monoisotopic (exact) mass is 284 g/mol. The zero-order chi connectivity index (χ0) is 15.3. The van der Waals surface area contributed by atoms with Crippen LogP contribution >= 0.6 is 0 Å². The number of hydrogen-bond acceptors (Lipinski definition) is 2. The van der Waals surface area contributed by atoms with Crippen LogP contribution in [-0.2, 0) is 0 Å². The second-order valence-corrected chi connectivity index (χ2v) is 5.93. The van der Waals surface area contributed by atoms with Crippen molar-refractivity contribution in [1.29, 1.82) is 0 Å². The predicted molar refractivity (Wildman–Crippen MR) is 79.7 cm³/mol. The summed E-state index contributed by atoms with van der Waals surface area (Å²) < 4.78 is 27.3. The Hall–Kier alpha value is -1.00.